The van der Waals surface area contributed by atoms with E-state index in [1.54, 1.807) is 0 Å². The number of fused-ring (bicyclic) bond motifs is 3. The SMILES string of the molecule is Ic1ccc2oc3ccc(I)cc3c2c1. The lowest BCUT2D eigenvalue weighted by molar-refractivity contribution is 0.669. The molecule has 0 saturated carbocycles. The summed E-state index contributed by atoms with van der Waals surface area (Å²) >= 11 is 4.65. The number of benzene rings is 2. The van der Waals surface area contributed by atoms with E-state index in [0.717, 1.165) is 11.2 Å². The molecule has 0 atom stereocenters. The van der Waals surface area contributed by atoms with Crippen molar-refractivity contribution >= 4 is 67.1 Å². The van der Waals surface area contributed by atoms with Crippen LogP contribution in [-0.2, 0) is 0 Å². The zero-order chi connectivity index (χ0) is 10.4. The number of hydrogen-bond acceptors (Lipinski definition) is 1. The molecule has 0 aliphatic heterocycles. The molecule has 1 heterocycles. The normalized spacial score (nSPS) is 11.3. The second kappa shape index (κ2) is 3.62. The molecule has 0 unspecified atom stereocenters. The molecule has 0 spiro atoms. The first-order valence-electron chi connectivity index (χ1n) is 4.51. The maximum atomic E-state index is 5.76. The fraction of sp³-hybridized carbons (Fsp3) is 0. The lowest BCUT2D eigenvalue weighted by Crippen LogP contribution is -1.71. The highest BCUT2D eigenvalue weighted by atomic mass is 127. The van der Waals surface area contributed by atoms with Crippen molar-refractivity contribution in [2.24, 2.45) is 0 Å². The van der Waals surface area contributed by atoms with E-state index in [4.69, 9.17) is 4.42 Å². The molecule has 1 nitrogen and oxygen atoms in total. The highest BCUT2D eigenvalue weighted by Gasteiger charge is 2.06. The first kappa shape index (κ1) is 9.89. The van der Waals surface area contributed by atoms with Crippen LogP contribution < -0.4 is 0 Å². The summed E-state index contributed by atoms with van der Waals surface area (Å²) < 4.78 is 8.23. The lowest BCUT2D eigenvalue weighted by atomic mass is 10.2. The van der Waals surface area contributed by atoms with Crippen molar-refractivity contribution in [2.75, 3.05) is 0 Å². The van der Waals surface area contributed by atoms with Crippen molar-refractivity contribution in [3.8, 4) is 0 Å². The molecule has 15 heavy (non-hydrogen) atoms. The maximum absolute atomic E-state index is 5.76. The van der Waals surface area contributed by atoms with Crippen molar-refractivity contribution in [3.05, 3.63) is 43.5 Å². The lowest BCUT2D eigenvalue weighted by Gasteiger charge is -1.91. The van der Waals surface area contributed by atoms with E-state index in [0.29, 0.717) is 0 Å². The fourth-order valence-corrected chi connectivity index (χ4v) is 2.70. The van der Waals surface area contributed by atoms with Gasteiger partial charge in [0.25, 0.3) is 0 Å². The van der Waals surface area contributed by atoms with E-state index in [1.165, 1.54) is 17.9 Å². The van der Waals surface area contributed by atoms with Gasteiger partial charge in [-0.05, 0) is 81.6 Å². The fourth-order valence-electron chi connectivity index (χ4n) is 1.72. The van der Waals surface area contributed by atoms with Crippen LogP contribution in [0.1, 0.15) is 0 Å². The van der Waals surface area contributed by atoms with E-state index in [9.17, 15) is 0 Å². The van der Waals surface area contributed by atoms with Gasteiger partial charge in [0, 0.05) is 17.9 Å². The van der Waals surface area contributed by atoms with Gasteiger partial charge in [-0.3, -0.25) is 0 Å². The van der Waals surface area contributed by atoms with Gasteiger partial charge in [0.2, 0.25) is 0 Å². The first-order chi connectivity index (χ1) is 7.24. The van der Waals surface area contributed by atoms with Crippen LogP contribution in [0.5, 0.6) is 0 Å². The van der Waals surface area contributed by atoms with Gasteiger partial charge < -0.3 is 4.42 Å². The monoisotopic (exact) mass is 420 g/mol. The predicted octanol–water partition coefficient (Wildman–Crippen LogP) is 4.80. The van der Waals surface area contributed by atoms with Crippen LogP contribution in [0.25, 0.3) is 21.9 Å². The Morgan fingerprint density at radius 2 is 1.20 bits per heavy atom. The first-order valence-corrected chi connectivity index (χ1v) is 6.67. The summed E-state index contributed by atoms with van der Waals surface area (Å²) in [4.78, 5) is 0. The molecule has 0 saturated heterocycles. The second-order valence-corrected chi connectivity index (χ2v) is 5.87. The summed E-state index contributed by atoms with van der Waals surface area (Å²) in [5, 5.41) is 2.41. The average molecular weight is 420 g/mol. The highest BCUT2D eigenvalue weighted by Crippen LogP contribution is 2.30. The van der Waals surface area contributed by atoms with Crippen LogP contribution >= 0.6 is 45.2 Å². The Labute approximate surface area is 114 Å². The molecular weight excluding hydrogens is 414 g/mol. The summed E-state index contributed by atoms with van der Waals surface area (Å²) in [5.74, 6) is 0. The highest BCUT2D eigenvalue weighted by molar-refractivity contribution is 14.1. The Balaban J connectivity index is 2.55. The molecule has 2 aromatic carbocycles. The Morgan fingerprint density at radius 1 is 0.733 bits per heavy atom. The molecule has 0 fully saturated rings. The third-order valence-electron chi connectivity index (χ3n) is 2.39. The summed E-state index contributed by atoms with van der Waals surface area (Å²) in [6.07, 6.45) is 0. The van der Waals surface area contributed by atoms with Crippen molar-refractivity contribution in [1.82, 2.24) is 0 Å². The summed E-state index contributed by atoms with van der Waals surface area (Å²) in [6.45, 7) is 0. The van der Waals surface area contributed by atoms with Crippen LogP contribution in [0, 0.1) is 7.14 Å². The van der Waals surface area contributed by atoms with Crippen LogP contribution in [0.4, 0.5) is 0 Å². The number of furan rings is 1. The minimum Gasteiger partial charge on any atom is -0.456 e. The molecule has 0 bridgehead atoms. The van der Waals surface area contributed by atoms with Crippen LogP contribution in [0.2, 0.25) is 0 Å². The molecule has 74 valence electrons. The Bertz CT molecular complexity index is 599. The van der Waals surface area contributed by atoms with E-state index in [2.05, 4.69) is 69.4 Å². The summed E-state index contributed by atoms with van der Waals surface area (Å²) in [6, 6.07) is 12.5. The van der Waals surface area contributed by atoms with E-state index >= 15 is 0 Å². The van der Waals surface area contributed by atoms with Crippen LogP contribution in [-0.4, -0.2) is 0 Å². The molecule has 0 radical (unpaired) electrons. The maximum Gasteiger partial charge on any atom is 0.135 e. The van der Waals surface area contributed by atoms with Gasteiger partial charge in [-0.1, -0.05) is 0 Å². The minimum absolute atomic E-state index is 0.965. The van der Waals surface area contributed by atoms with Crippen LogP contribution in [0.15, 0.2) is 40.8 Å². The van der Waals surface area contributed by atoms with Gasteiger partial charge in [-0.25, -0.2) is 0 Å². The minimum atomic E-state index is 0.965. The van der Waals surface area contributed by atoms with Crippen molar-refractivity contribution in [3.63, 3.8) is 0 Å². The Hall–Kier alpha value is -0.300. The molecule has 0 amide bonds. The summed E-state index contributed by atoms with van der Waals surface area (Å²) in [5.41, 5.74) is 1.93. The number of rotatable bonds is 0. The van der Waals surface area contributed by atoms with Gasteiger partial charge in [-0.15, -0.1) is 0 Å². The zero-order valence-corrected chi connectivity index (χ0v) is 11.9. The van der Waals surface area contributed by atoms with Crippen molar-refractivity contribution in [1.29, 1.82) is 0 Å². The number of hydrogen-bond donors (Lipinski definition) is 0. The quantitative estimate of drug-likeness (QED) is 0.477. The summed E-state index contributed by atoms with van der Waals surface area (Å²) in [7, 11) is 0. The molecule has 3 rings (SSSR count). The smallest absolute Gasteiger partial charge is 0.135 e. The molecule has 3 aromatic rings. The molecule has 0 N–H and O–H groups in total. The third-order valence-corrected chi connectivity index (χ3v) is 3.74. The zero-order valence-electron chi connectivity index (χ0n) is 7.63. The average Bonchev–Trinajstić information content (AvgIpc) is 2.56. The van der Waals surface area contributed by atoms with Gasteiger partial charge in [0.1, 0.15) is 11.2 Å². The third kappa shape index (κ3) is 1.65. The Morgan fingerprint density at radius 3 is 1.67 bits per heavy atom. The molecule has 1 aromatic heterocycles. The van der Waals surface area contributed by atoms with Crippen molar-refractivity contribution < 1.29 is 4.42 Å². The second-order valence-electron chi connectivity index (χ2n) is 3.38. The van der Waals surface area contributed by atoms with Crippen molar-refractivity contribution in [2.45, 2.75) is 0 Å². The van der Waals surface area contributed by atoms with E-state index in [-0.39, 0.29) is 0 Å². The molecule has 3 heteroatoms. The molecule has 0 aliphatic carbocycles. The van der Waals surface area contributed by atoms with Gasteiger partial charge in [0.15, 0.2) is 0 Å². The Kier molecular flexibility index (Phi) is 2.39. The molecule has 0 aliphatic rings. The predicted molar refractivity (Wildman–Crippen MR) is 79.2 cm³/mol. The number of halogens is 2. The standard InChI is InChI=1S/C12H6I2O/c13-7-1-3-11-9(5-7)10-6-8(14)2-4-12(10)15-11/h1-6H. The molecular formula is C12H6I2O. The van der Waals surface area contributed by atoms with E-state index < -0.39 is 0 Å². The largest absolute Gasteiger partial charge is 0.456 e. The van der Waals surface area contributed by atoms with E-state index in [1.807, 2.05) is 12.1 Å². The van der Waals surface area contributed by atoms with Gasteiger partial charge in [0.05, 0.1) is 0 Å². The van der Waals surface area contributed by atoms with Crippen LogP contribution in [0.3, 0.4) is 0 Å². The van der Waals surface area contributed by atoms with Gasteiger partial charge >= 0.3 is 0 Å². The topological polar surface area (TPSA) is 13.1 Å². The van der Waals surface area contributed by atoms with Gasteiger partial charge in [-0.2, -0.15) is 0 Å².